The standard InChI is InChI=1S/C12H23NO/c1-9(7-10-5-6-10)13-11-3-2-4-12(14)8-11/h9-14H,2-8H2,1H3. The molecule has 2 rings (SSSR count). The van der Waals surface area contributed by atoms with Crippen LogP contribution < -0.4 is 5.32 Å². The highest BCUT2D eigenvalue weighted by Crippen LogP contribution is 2.33. The maximum Gasteiger partial charge on any atom is 0.0555 e. The van der Waals surface area contributed by atoms with Crippen molar-refractivity contribution >= 4 is 0 Å². The third kappa shape index (κ3) is 3.25. The van der Waals surface area contributed by atoms with E-state index >= 15 is 0 Å². The second kappa shape index (κ2) is 4.63. The molecule has 2 N–H and O–H groups in total. The molecule has 14 heavy (non-hydrogen) atoms. The fourth-order valence-corrected chi connectivity index (χ4v) is 2.64. The highest BCUT2D eigenvalue weighted by Gasteiger charge is 2.26. The molecule has 3 unspecified atom stereocenters. The first-order chi connectivity index (χ1) is 6.74. The summed E-state index contributed by atoms with van der Waals surface area (Å²) in [5.41, 5.74) is 0. The van der Waals surface area contributed by atoms with E-state index in [4.69, 9.17) is 0 Å². The van der Waals surface area contributed by atoms with Crippen LogP contribution in [0.5, 0.6) is 0 Å². The number of aliphatic hydroxyl groups is 1. The molecule has 2 nitrogen and oxygen atoms in total. The van der Waals surface area contributed by atoms with E-state index in [-0.39, 0.29) is 6.10 Å². The maximum atomic E-state index is 9.55. The van der Waals surface area contributed by atoms with Gasteiger partial charge in [-0.1, -0.05) is 12.8 Å². The van der Waals surface area contributed by atoms with Crippen LogP contribution in [0, 0.1) is 5.92 Å². The van der Waals surface area contributed by atoms with Crippen molar-refractivity contribution in [2.45, 2.75) is 70.1 Å². The van der Waals surface area contributed by atoms with Crippen molar-refractivity contribution in [2.24, 2.45) is 5.92 Å². The Morgan fingerprint density at radius 3 is 2.71 bits per heavy atom. The van der Waals surface area contributed by atoms with Crippen molar-refractivity contribution in [1.29, 1.82) is 0 Å². The predicted octanol–water partition coefficient (Wildman–Crippen LogP) is 2.07. The van der Waals surface area contributed by atoms with E-state index in [9.17, 15) is 5.11 Å². The van der Waals surface area contributed by atoms with Crippen molar-refractivity contribution < 1.29 is 5.11 Å². The monoisotopic (exact) mass is 197 g/mol. The second-order valence-electron chi connectivity index (χ2n) is 5.26. The lowest BCUT2D eigenvalue weighted by Gasteiger charge is -2.29. The molecule has 3 atom stereocenters. The second-order valence-corrected chi connectivity index (χ2v) is 5.26. The summed E-state index contributed by atoms with van der Waals surface area (Å²) in [5.74, 6) is 1.01. The Kier molecular flexibility index (Phi) is 3.45. The zero-order chi connectivity index (χ0) is 9.97. The van der Waals surface area contributed by atoms with E-state index in [0.29, 0.717) is 12.1 Å². The van der Waals surface area contributed by atoms with Crippen LogP contribution in [0.2, 0.25) is 0 Å². The van der Waals surface area contributed by atoms with Crippen molar-refractivity contribution in [1.82, 2.24) is 5.32 Å². The smallest absolute Gasteiger partial charge is 0.0555 e. The van der Waals surface area contributed by atoms with E-state index in [2.05, 4.69) is 12.2 Å². The third-order valence-electron chi connectivity index (χ3n) is 3.55. The van der Waals surface area contributed by atoms with Gasteiger partial charge in [0.15, 0.2) is 0 Å². The van der Waals surface area contributed by atoms with Crippen LogP contribution in [0.1, 0.15) is 51.9 Å². The fraction of sp³-hybridized carbons (Fsp3) is 1.00. The van der Waals surface area contributed by atoms with Gasteiger partial charge in [-0.05, 0) is 44.9 Å². The molecular formula is C12H23NO. The first-order valence-electron chi connectivity index (χ1n) is 6.18. The summed E-state index contributed by atoms with van der Waals surface area (Å²) < 4.78 is 0. The molecule has 2 fully saturated rings. The lowest BCUT2D eigenvalue weighted by atomic mass is 9.92. The van der Waals surface area contributed by atoms with Crippen LogP contribution in [-0.4, -0.2) is 23.3 Å². The van der Waals surface area contributed by atoms with Crippen molar-refractivity contribution in [3.05, 3.63) is 0 Å². The van der Waals surface area contributed by atoms with Gasteiger partial charge in [-0.25, -0.2) is 0 Å². The molecular weight excluding hydrogens is 174 g/mol. The Hall–Kier alpha value is -0.0800. The van der Waals surface area contributed by atoms with Crippen molar-refractivity contribution in [3.63, 3.8) is 0 Å². The zero-order valence-electron chi connectivity index (χ0n) is 9.21. The molecule has 0 spiro atoms. The molecule has 2 aliphatic carbocycles. The minimum atomic E-state index is -0.0469. The van der Waals surface area contributed by atoms with E-state index in [0.717, 1.165) is 18.8 Å². The molecule has 2 aliphatic rings. The molecule has 82 valence electrons. The summed E-state index contributed by atoms with van der Waals surface area (Å²) in [5, 5.41) is 13.2. The van der Waals surface area contributed by atoms with Gasteiger partial charge in [0, 0.05) is 12.1 Å². The zero-order valence-corrected chi connectivity index (χ0v) is 9.21. The third-order valence-corrected chi connectivity index (χ3v) is 3.55. The van der Waals surface area contributed by atoms with E-state index in [1.807, 2.05) is 0 Å². The van der Waals surface area contributed by atoms with Crippen molar-refractivity contribution in [2.75, 3.05) is 0 Å². The largest absolute Gasteiger partial charge is 0.393 e. The highest BCUT2D eigenvalue weighted by molar-refractivity contribution is 4.83. The predicted molar refractivity (Wildman–Crippen MR) is 58.2 cm³/mol. The van der Waals surface area contributed by atoms with Gasteiger partial charge in [-0.3, -0.25) is 0 Å². The Balaban J connectivity index is 1.66. The van der Waals surface area contributed by atoms with Gasteiger partial charge in [0.05, 0.1) is 6.10 Å². The molecule has 0 bridgehead atoms. The summed E-state index contributed by atoms with van der Waals surface area (Å²) in [7, 11) is 0. The van der Waals surface area contributed by atoms with Gasteiger partial charge in [0.1, 0.15) is 0 Å². The quantitative estimate of drug-likeness (QED) is 0.723. The highest BCUT2D eigenvalue weighted by atomic mass is 16.3. The van der Waals surface area contributed by atoms with Crippen molar-refractivity contribution in [3.8, 4) is 0 Å². The number of rotatable bonds is 4. The summed E-state index contributed by atoms with van der Waals surface area (Å²) >= 11 is 0. The Bertz CT molecular complexity index is 179. The number of aliphatic hydroxyl groups excluding tert-OH is 1. The van der Waals surface area contributed by atoms with E-state index < -0.39 is 0 Å². The van der Waals surface area contributed by atoms with Crippen LogP contribution in [0.3, 0.4) is 0 Å². The molecule has 0 amide bonds. The average molecular weight is 197 g/mol. The molecule has 2 saturated carbocycles. The minimum Gasteiger partial charge on any atom is -0.393 e. The summed E-state index contributed by atoms with van der Waals surface area (Å²) in [6, 6.07) is 1.23. The van der Waals surface area contributed by atoms with Crippen LogP contribution in [0.4, 0.5) is 0 Å². The first-order valence-corrected chi connectivity index (χ1v) is 6.18. The van der Waals surface area contributed by atoms with Crippen LogP contribution in [-0.2, 0) is 0 Å². The first kappa shape index (κ1) is 10.4. The van der Waals surface area contributed by atoms with Crippen LogP contribution in [0.25, 0.3) is 0 Å². The molecule has 0 aromatic heterocycles. The molecule has 0 saturated heterocycles. The molecule has 0 heterocycles. The van der Waals surface area contributed by atoms with E-state index in [1.165, 1.54) is 32.1 Å². The maximum absolute atomic E-state index is 9.55. The number of nitrogens with one attached hydrogen (secondary N) is 1. The van der Waals surface area contributed by atoms with Gasteiger partial charge < -0.3 is 10.4 Å². The lowest BCUT2D eigenvalue weighted by Crippen LogP contribution is -2.41. The number of hydrogen-bond donors (Lipinski definition) is 2. The molecule has 0 aromatic carbocycles. The Morgan fingerprint density at radius 2 is 2.07 bits per heavy atom. The van der Waals surface area contributed by atoms with Gasteiger partial charge in [0.25, 0.3) is 0 Å². The molecule has 0 aromatic rings. The van der Waals surface area contributed by atoms with Crippen LogP contribution in [0.15, 0.2) is 0 Å². The van der Waals surface area contributed by atoms with Gasteiger partial charge in [0.2, 0.25) is 0 Å². The normalized spacial score (nSPS) is 35.6. The summed E-state index contributed by atoms with van der Waals surface area (Å²) in [6.45, 7) is 2.29. The van der Waals surface area contributed by atoms with Crippen LogP contribution >= 0.6 is 0 Å². The van der Waals surface area contributed by atoms with Gasteiger partial charge >= 0.3 is 0 Å². The topological polar surface area (TPSA) is 32.3 Å². The molecule has 0 radical (unpaired) electrons. The fourth-order valence-electron chi connectivity index (χ4n) is 2.64. The number of hydrogen-bond acceptors (Lipinski definition) is 2. The Labute approximate surface area is 87.1 Å². The van der Waals surface area contributed by atoms with Gasteiger partial charge in [-0.15, -0.1) is 0 Å². The minimum absolute atomic E-state index is 0.0469. The van der Waals surface area contributed by atoms with Gasteiger partial charge in [-0.2, -0.15) is 0 Å². The lowest BCUT2D eigenvalue weighted by molar-refractivity contribution is 0.108. The molecule has 0 aliphatic heterocycles. The summed E-state index contributed by atoms with van der Waals surface area (Å²) in [4.78, 5) is 0. The summed E-state index contributed by atoms with van der Waals surface area (Å²) in [6.07, 6.45) is 8.60. The Morgan fingerprint density at radius 1 is 1.29 bits per heavy atom. The molecule has 2 heteroatoms. The SMILES string of the molecule is CC(CC1CC1)NC1CCCC(O)C1. The van der Waals surface area contributed by atoms with E-state index in [1.54, 1.807) is 0 Å². The average Bonchev–Trinajstić information content (AvgIpc) is 2.87.